The Morgan fingerprint density at radius 2 is 1.82 bits per heavy atom. The van der Waals surface area contributed by atoms with Gasteiger partial charge in [-0.05, 0) is 37.3 Å². The van der Waals surface area contributed by atoms with E-state index in [0.29, 0.717) is 10.9 Å². The first-order chi connectivity index (χ1) is 21.5. The molecule has 0 radical (unpaired) electrons. The molecule has 11 heteroatoms. The molecule has 0 aliphatic carbocycles. The molecule has 4 heterocycles. The van der Waals surface area contributed by atoms with Gasteiger partial charge in [0, 0.05) is 23.5 Å². The Hall–Kier alpha value is -3.02. The maximum Gasteiger partial charge on any atom is 0.306 e. The highest BCUT2D eigenvalue weighted by molar-refractivity contribution is 9.11. The fourth-order valence-corrected chi connectivity index (χ4v) is 8.10. The number of allylic oxidation sites excluding steroid dienone is 1. The summed E-state index contributed by atoms with van der Waals surface area (Å²) in [4.78, 5) is 59.6. The lowest BCUT2D eigenvalue weighted by Gasteiger charge is -2.41. The minimum absolute atomic E-state index is 0.0766. The molecule has 0 aromatic heterocycles. The molecule has 2 fully saturated rings. The summed E-state index contributed by atoms with van der Waals surface area (Å²) in [5.74, 6) is -3.62. The van der Waals surface area contributed by atoms with Crippen molar-refractivity contribution in [1.29, 1.82) is 0 Å². The van der Waals surface area contributed by atoms with Crippen LogP contribution in [0.4, 0.5) is 0 Å². The number of esters is 1. The van der Waals surface area contributed by atoms with Gasteiger partial charge >= 0.3 is 5.97 Å². The molecule has 1 unspecified atom stereocenters. The second kappa shape index (κ2) is 13.8. The fraction of sp³-hybridized carbons (Fsp3) is 0.588. The molecule has 10 nitrogen and oxygen atoms in total. The SMILES string of the molecule is CCCC(C)N1C/C=C\CCC(=O)OC[C@H](c2ccccc2)NC(=O)[C@H]2[C@@H]3O[C@@]4(C=C3Br)[C@@H]2C(=O)N([C@@H](CO)C(C)C)[C@@H]4C1=O. The van der Waals surface area contributed by atoms with Crippen molar-refractivity contribution in [3.8, 4) is 0 Å². The van der Waals surface area contributed by atoms with E-state index in [1.165, 1.54) is 4.90 Å². The molecule has 1 aromatic carbocycles. The van der Waals surface area contributed by atoms with Crippen LogP contribution in [0.3, 0.4) is 0 Å². The van der Waals surface area contributed by atoms with Crippen molar-refractivity contribution < 1.29 is 33.8 Å². The largest absolute Gasteiger partial charge is 0.463 e. The van der Waals surface area contributed by atoms with Gasteiger partial charge in [0.25, 0.3) is 0 Å². The normalized spacial score (nSPS) is 32.7. The van der Waals surface area contributed by atoms with Crippen LogP contribution in [0.15, 0.2) is 53.0 Å². The first-order valence-electron chi connectivity index (χ1n) is 16.0. The van der Waals surface area contributed by atoms with Gasteiger partial charge in [0.15, 0.2) is 0 Å². The summed E-state index contributed by atoms with van der Waals surface area (Å²) in [5, 5.41) is 13.6. The van der Waals surface area contributed by atoms with E-state index in [1.807, 2.05) is 63.3 Å². The molecule has 4 aliphatic rings. The molecular weight excluding hydrogens is 642 g/mol. The number of benzene rings is 1. The van der Waals surface area contributed by atoms with E-state index in [0.717, 1.165) is 18.4 Å². The Morgan fingerprint density at radius 3 is 2.49 bits per heavy atom. The van der Waals surface area contributed by atoms with Crippen LogP contribution < -0.4 is 5.32 Å². The number of amides is 3. The van der Waals surface area contributed by atoms with Crippen molar-refractivity contribution in [2.24, 2.45) is 17.8 Å². The van der Waals surface area contributed by atoms with Gasteiger partial charge in [0.05, 0.1) is 30.5 Å². The summed E-state index contributed by atoms with van der Waals surface area (Å²) < 4.78 is 12.9. The number of carbonyl (C=O) groups is 4. The number of ether oxygens (including phenoxy) is 2. The quantitative estimate of drug-likeness (QED) is 0.332. The van der Waals surface area contributed by atoms with E-state index < -0.39 is 53.5 Å². The van der Waals surface area contributed by atoms with E-state index in [2.05, 4.69) is 28.2 Å². The van der Waals surface area contributed by atoms with Crippen LogP contribution in [0.1, 0.15) is 65.0 Å². The lowest BCUT2D eigenvalue weighted by molar-refractivity contribution is -0.153. The average Bonchev–Trinajstić information content (AvgIpc) is 3.60. The molecule has 5 rings (SSSR count). The number of fused-ring (bicyclic) bond motifs is 2. The predicted molar refractivity (Wildman–Crippen MR) is 171 cm³/mol. The maximum atomic E-state index is 14.8. The lowest BCUT2D eigenvalue weighted by atomic mass is 9.74. The number of hydrogen-bond acceptors (Lipinski definition) is 7. The van der Waals surface area contributed by atoms with E-state index in [9.17, 15) is 24.3 Å². The van der Waals surface area contributed by atoms with Crippen molar-refractivity contribution in [1.82, 2.24) is 15.1 Å². The van der Waals surface area contributed by atoms with Gasteiger partial charge in [0.1, 0.15) is 24.4 Å². The molecule has 244 valence electrons. The third-order valence-corrected chi connectivity index (χ3v) is 10.3. The number of cyclic esters (lactones) is 1. The van der Waals surface area contributed by atoms with Gasteiger partial charge in [-0.15, -0.1) is 0 Å². The van der Waals surface area contributed by atoms with Gasteiger partial charge in [-0.2, -0.15) is 0 Å². The van der Waals surface area contributed by atoms with Gasteiger partial charge in [-0.25, -0.2) is 0 Å². The zero-order chi connectivity index (χ0) is 32.5. The fourth-order valence-electron chi connectivity index (χ4n) is 7.36. The Balaban J connectivity index is 1.63. The molecule has 2 N–H and O–H groups in total. The minimum atomic E-state index is -1.40. The number of halogens is 1. The molecule has 2 saturated heterocycles. The molecular formula is C34H44BrN3O7. The molecule has 0 saturated carbocycles. The molecule has 4 aliphatic heterocycles. The highest BCUT2D eigenvalue weighted by Crippen LogP contribution is 2.59. The number of carbonyl (C=O) groups excluding carboxylic acids is 4. The lowest BCUT2D eigenvalue weighted by Crippen LogP contribution is -2.60. The summed E-state index contributed by atoms with van der Waals surface area (Å²) >= 11 is 3.61. The zero-order valence-corrected chi connectivity index (χ0v) is 27.9. The number of aliphatic hydroxyl groups excluding tert-OH is 1. The third-order valence-electron chi connectivity index (χ3n) is 9.65. The van der Waals surface area contributed by atoms with Gasteiger partial charge < -0.3 is 29.7 Å². The van der Waals surface area contributed by atoms with Crippen molar-refractivity contribution in [2.75, 3.05) is 19.8 Å². The molecule has 45 heavy (non-hydrogen) atoms. The van der Waals surface area contributed by atoms with E-state index in [1.54, 1.807) is 11.0 Å². The molecule has 5 bridgehead atoms. The number of nitrogens with zero attached hydrogens (tertiary/aromatic N) is 2. The van der Waals surface area contributed by atoms with Crippen molar-refractivity contribution in [2.45, 2.75) is 89.3 Å². The summed E-state index contributed by atoms with van der Waals surface area (Å²) in [6.07, 6.45) is 6.93. The van der Waals surface area contributed by atoms with Gasteiger partial charge in [-0.1, -0.05) is 85.6 Å². The topological polar surface area (TPSA) is 125 Å². The predicted octanol–water partition coefficient (Wildman–Crippen LogP) is 3.64. The van der Waals surface area contributed by atoms with Crippen LogP contribution in [0.25, 0.3) is 0 Å². The highest BCUT2D eigenvalue weighted by Gasteiger charge is 2.75. The highest BCUT2D eigenvalue weighted by atomic mass is 79.9. The number of hydrogen-bond donors (Lipinski definition) is 2. The standard InChI is InChI=1S/C34H44BrN3O7/c1-5-12-21(4)37-16-11-7-10-15-26(40)44-19-24(22-13-8-6-9-14-22)36-31(41)27-28-32(42)38(25(18-39)20(2)3)30(33(37)43)34(28)17-23(35)29(27)45-34/h6-9,11,13-14,17,20-21,24-25,27-30,39H,5,10,12,15-16,18-19H2,1-4H3,(H,36,41)/b11-7-/t21?,24-,25+,27-,28+,29-,30-,34+/m1/s1. The molecule has 8 atom stereocenters. The zero-order valence-electron chi connectivity index (χ0n) is 26.4. The molecule has 1 aromatic rings. The Kier molecular flexibility index (Phi) is 10.2. The van der Waals surface area contributed by atoms with Gasteiger partial charge in [0.2, 0.25) is 17.7 Å². The smallest absolute Gasteiger partial charge is 0.306 e. The molecule has 3 amide bonds. The van der Waals surface area contributed by atoms with Crippen LogP contribution in [-0.4, -0.2) is 88.2 Å². The van der Waals surface area contributed by atoms with Crippen LogP contribution in [0.5, 0.6) is 0 Å². The Morgan fingerprint density at radius 1 is 1.09 bits per heavy atom. The van der Waals surface area contributed by atoms with Crippen LogP contribution in [-0.2, 0) is 28.7 Å². The van der Waals surface area contributed by atoms with E-state index in [4.69, 9.17) is 9.47 Å². The second-order valence-electron chi connectivity index (χ2n) is 12.9. The minimum Gasteiger partial charge on any atom is -0.463 e. The van der Waals surface area contributed by atoms with Crippen molar-refractivity contribution >= 4 is 39.6 Å². The Labute approximate surface area is 273 Å². The van der Waals surface area contributed by atoms with Crippen LogP contribution >= 0.6 is 15.9 Å². The van der Waals surface area contributed by atoms with Crippen LogP contribution in [0, 0.1) is 17.8 Å². The van der Waals surface area contributed by atoms with Gasteiger partial charge in [-0.3, -0.25) is 19.2 Å². The second-order valence-corrected chi connectivity index (χ2v) is 13.8. The summed E-state index contributed by atoms with van der Waals surface area (Å²) in [5.41, 5.74) is -0.656. The average molecular weight is 687 g/mol. The maximum absolute atomic E-state index is 14.8. The Bertz CT molecular complexity index is 1350. The molecule has 1 spiro atoms. The van der Waals surface area contributed by atoms with E-state index >= 15 is 0 Å². The van der Waals surface area contributed by atoms with Crippen LogP contribution in [0.2, 0.25) is 0 Å². The number of aliphatic hydroxyl groups is 1. The number of likely N-dealkylation sites (tertiary alicyclic amines) is 1. The number of rotatable bonds is 7. The van der Waals surface area contributed by atoms with Crippen molar-refractivity contribution in [3.05, 3.63) is 58.6 Å². The van der Waals surface area contributed by atoms with E-state index in [-0.39, 0.29) is 50.0 Å². The first-order valence-corrected chi connectivity index (χ1v) is 16.8. The first kappa shape index (κ1) is 33.3. The van der Waals surface area contributed by atoms with Crippen molar-refractivity contribution in [3.63, 3.8) is 0 Å². The summed E-state index contributed by atoms with van der Waals surface area (Å²) in [7, 11) is 0. The summed E-state index contributed by atoms with van der Waals surface area (Å²) in [6.45, 7) is 7.69. The monoisotopic (exact) mass is 685 g/mol. The number of nitrogens with one attached hydrogen (secondary N) is 1. The summed E-state index contributed by atoms with van der Waals surface area (Å²) in [6, 6.07) is 6.66. The third kappa shape index (κ3) is 6.11.